The van der Waals surface area contributed by atoms with E-state index in [0.29, 0.717) is 37.3 Å². The van der Waals surface area contributed by atoms with Crippen molar-refractivity contribution >= 4 is 5.91 Å². The minimum Gasteiger partial charge on any atom is -0.338 e. The monoisotopic (exact) mass is 508 g/mol. The Labute approximate surface area is 217 Å². The lowest BCUT2D eigenvalue weighted by atomic mass is 9.87. The van der Waals surface area contributed by atoms with Crippen molar-refractivity contribution in [1.82, 2.24) is 9.80 Å². The number of hydrogen-bond donors (Lipinski definition) is 0. The van der Waals surface area contributed by atoms with Crippen LogP contribution in [0.4, 0.5) is 13.2 Å². The first kappa shape index (κ1) is 26.9. The molecule has 6 heteroatoms. The first-order valence-corrected chi connectivity index (χ1v) is 12.9. The van der Waals surface area contributed by atoms with E-state index >= 15 is 0 Å². The van der Waals surface area contributed by atoms with Gasteiger partial charge in [-0.3, -0.25) is 9.69 Å². The Morgan fingerprint density at radius 2 is 1.70 bits per heavy atom. The van der Waals surface area contributed by atoms with E-state index in [1.165, 1.54) is 23.3 Å². The highest BCUT2D eigenvalue weighted by molar-refractivity contribution is 5.94. The van der Waals surface area contributed by atoms with Crippen LogP contribution in [-0.2, 0) is 12.7 Å². The number of carbonyl (C=O) groups is 1. The summed E-state index contributed by atoms with van der Waals surface area (Å²) in [5, 5.41) is 0. The molecule has 196 valence electrons. The Hall–Kier alpha value is -3.12. The summed E-state index contributed by atoms with van der Waals surface area (Å²) in [4.78, 5) is 17.7. The van der Waals surface area contributed by atoms with Crippen LogP contribution in [0.2, 0.25) is 0 Å². The average molecular weight is 509 g/mol. The van der Waals surface area contributed by atoms with Crippen LogP contribution in [0, 0.1) is 18.8 Å². The SMILES string of the molecule is Cc1cccc(CN2C[C@@H](CN(CC(C)C)C(=O)c3ccccc3)[C@H](c3cccc(C(F)(F)F)c3)C2)c1. The Balaban J connectivity index is 1.63. The third-order valence-corrected chi connectivity index (χ3v) is 7.00. The average Bonchev–Trinajstić information content (AvgIpc) is 3.25. The molecule has 0 aromatic heterocycles. The zero-order valence-electron chi connectivity index (χ0n) is 21.7. The maximum absolute atomic E-state index is 13.5. The third-order valence-electron chi connectivity index (χ3n) is 7.00. The number of halogens is 3. The lowest BCUT2D eigenvalue weighted by molar-refractivity contribution is -0.137. The number of likely N-dealkylation sites (tertiary alicyclic amines) is 1. The first-order valence-electron chi connectivity index (χ1n) is 12.9. The summed E-state index contributed by atoms with van der Waals surface area (Å²) >= 11 is 0. The number of carbonyl (C=O) groups excluding carboxylic acids is 1. The fourth-order valence-electron chi connectivity index (χ4n) is 5.39. The van der Waals surface area contributed by atoms with E-state index in [2.05, 4.69) is 43.9 Å². The van der Waals surface area contributed by atoms with Gasteiger partial charge in [-0.2, -0.15) is 13.2 Å². The fourth-order valence-corrected chi connectivity index (χ4v) is 5.39. The van der Waals surface area contributed by atoms with Gasteiger partial charge in [0.2, 0.25) is 0 Å². The standard InChI is InChI=1S/C31H35F3N2O/c1-22(2)17-36(30(37)25-11-5-4-6-12-25)20-27-19-35(18-24-10-7-9-23(3)15-24)21-29(27)26-13-8-14-28(16-26)31(32,33)34/h4-16,22,27,29H,17-21H2,1-3H3/t27-,29-/m0/s1. The summed E-state index contributed by atoms with van der Waals surface area (Å²) in [6.07, 6.45) is -4.39. The highest BCUT2D eigenvalue weighted by Gasteiger charge is 2.38. The molecule has 3 aromatic carbocycles. The number of hydrogen-bond acceptors (Lipinski definition) is 2. The predicted octanol–water partition coefficient (Wildman–Crippen LogP) is 7.03. The molecule has 0 bridgehead atoms. The zero-order chi connectivity index (χ0) is 26.6. The minimum atomic E-state index is -4.39. The number of amides is 1. The molecule has 0 radical (unpaired) electrons. The normalized spacial score (nSPS) is 18.4. The third kappa shape index (κ3) is 7.01. The zero-order valence-corrected chi connectivity index (χ0v) is 21.7. The quantitative estimate of drug-likeness (QED) is 0.326. The van der Waals surface area contributed by atoms with E-state index in [0.717, 1.165) is 12.6 Å². The molecule has 0 saturated carbocycles. The van der Waals surface area contributed by atoms with E-state index in [1.807, 2.05) is 41.3 Å². The van der Waals surface area contributed by atoms with E-state index in [-0.39, 0.29) is 23.7 Å². The van der Waals surface area contributed by atoms with Gasteiger partial charge in [0, 0.05) is 44.2 Å². The van der Waals surface area contributed by atoms with Crippen LogP contribution in [0.25, 0.3) is 0 Å². The molecular formula is C31H35F3N2O. The van der Waals surface area contributed by atoms with Crippen molar-refractivity contribution in [2.75, 3.05) is 26.2 Å². The molecular weight excluding hydrogens is 473 g/mol. The van der Waals surface area contributed by atoms with Crippen LogP contribution >= 0.6 is 0 Å². The molecule has 1 aliphatic rings. The van der Waals surface area contributed by atoms with Crippen molar-refractivity contribution in [3.05, 3.63) is 107 Å². The van der Waals surface area contributed by atoms with Crippen molar-refractivity contribution < 1.29 is 18.0 Å². The Kier molecular flexibility index (Phi) is 8.38. The summed E-state index contributed by atoms with van der Waals surface area (Å²) < 4.78 is 40.6. The molecule has 1 fully saturated rings. The second-order valence-electron chi connectivity index (χ2n) is 10.6. The van der Waals surface area contributed by atoms with Gasteiger partial charge in [0.05, 0.1) is 5.56 Å². The van der Waals surface area contributed by atoms with Crippen LogP contribution in [0.1, 0.15) is 52.4 Å². The highest BCUT2D eigenvalue weighted by atomic mass is 19.4. The summed E-state index contributed by atoms with van der Waals surface area (Å²) in [6, 6.07) is 23.3. The lowest BCUT2D eigenvalue weighted by Crippen LogP contribution is -2.39. The van der Waals surface area contributed by atoms with Gasteiger partial charge in [-0.1, -0.05) is 80.1 Å². The maximum Gasteiger partial charge on any atom is 0.416 e. The molecule has 4 rings (SSSR count). The Bertz CT molecular complexity index is 1190. The fraction of sp³-hybridized carbons (Fsp3) is 0.387. The second kappa shape index (κ2) is 11.5. The van der Waals surface area contributed by atoms with E-state index in [9.17, 15) is 18.0 Å². The van der Waals surface area contributed by atoms with Crippen molar-refractivity contribution in [3.63, 3.8) is 0 Å². The molecule has 0 N–H and O–H groups in total. The molecule has 37 heavy (non-hydrogen) atoms. The summed E-state index contributed by atoms with van der Waals surface area (Å²) in [6.45, 7) is 9.39. The maximum atomic E-state index is 13.5. The summed E-state index contributed by atoms with van der Waals surface area (Å²) in [5.74, 6) is 0.142. The first-order chi connectivity index (χ1) is 17.6. The van der Waals surface area contributed by atoms with E-state index in [4.69, 9.17) is 0 Å². The van der Waals surface area contributed by atoms with Gasteiger partial charge in [-0.15, -0.1) is 0 Å². The molecule has 1 amide bonds. The smallest absolute Gasteiger partial charge is 0.338 e. The predicted molar refractivity (Wildman–Crippen MR) is 141 cm³/mol. The van der Waals surface area contributed by atoms with Crippen LogP contribution in [0.5, 0.6) is 0 Å². The van der Waals surface area contributed by atoms with Crippen LogP contribution in [-0.4, -0.2) is 41.9 Å². The molecule has 2 atom stereocenters. The van der Waals surface area contributed by atoms with Gasteiger partial charge >= 0.3 is 6.18 Å². The van der Waals surface area contributed by atoms with Crippen LogP contribution in [0.15, 0.2) is 78.9 Å². The summed E-state index contributed by atoms with van der Waals surface area (Å²) in [5.41, 5.74) is 3.05. The van der Waals surface area contributed by atoms with Gasteiger partial charge in [-0.05, 0) is 48.1 Å². The number of nitrogens with zero attached hydrogens (tertiary/aromatic N) is 2. The molecule has 0 spiro atoms. The molecule has 1 heterocycles. The van der Waals surface area contributed by atoms with Gasteiger partial charge < -0.3 is 4.90 Å². The Morgan fingerprint density at radius 3 is 2.38 bits per heavy atom. The molecule has 0 aliphatic carbocycles. The van der Waals surface area contributed by atoms with Gasteiger partial charge in [-0.25, -0.2) is 0 Å². The molecule has 0 unspecified atom stereocenters. The Morgan fingerprint density at radius 1 is 0.973 bits per heavy atom. The number of alkyl halides is 3. The molecule has 1 aliphatic heterocycles. The van der Waals surface area contributed by atoms with Crippen LogP contribution in [0.3, 0.4) is 0 Å². The number of rotatable bonds is 8. The number of aryl methyl sites for hydroxylation is 1. The van der Waals surface area contributed by atoms with E-state index < -0.39 is 11.7 Å². The van der Waals surface area contributed by atoms with Crippen molar-refractivity contribution in [2.24, 2.45) is 11.8 Å². The topological polar surface area (TPSA) is 23.6 Å². The van der Waals surface area contributed by atoms with Crippen LogP contribution < -0.4 is 0 Å². The van der Waals surface area contributed by atoms with Crippen molar-refractivity contribution in [1.29, 1.82) is 0 Å². The molecule has 1 saturated heterocycles. The molecule has 3 nitrogen and oxygen atoms in total. The minimum absolute atomic E-state index is 0.0136. The largest absolute Gasteiger partial charge is 0.416 e. The van der Waals surface area contributed by atoms with Gasteiger partial charge in [0.1, 0.15) is 0 Å². The highest BCUT2D eigenvalue weighted by Crippen LogP contribution is 2.37. The lowest BCUT2D eigenvalue weighted by Gasteiger charge is -2.30. The van der Waals surface area contributed by atoms with Gasteiger partial charge in [0.25, 0.3) is 5.91 Å². The number of benzene rings is 3. The molecule has 3 aromatic rings. The van der Waals surface area contributed by atoms with Crippen molar-refractivity contribution in [3.8, 4) is 0 Å². The summed E-state index contributed by atoms with van der Waals surface area (Å²) in [7, 11) is 0. The van der Waals surface area contributed by atoms with Crippen molar-refractivity contribution in [2.45, 2.75) is 39.4 Å². The second-order valence-corrected chi connectivity index (χ2v) is 10.6. The van der Waals surface area contributed by atoms with Gasteiger partial charge in [0.15, 0.2) is 0 Å². The van der Waals surface area contributed by atoms with E-state index in [1.54, 1.807) is 6.07 Å².